The Morgan fingerprint density at radius 2 is 1.47 bits per heavy atom. The summed E-state index contributed by atoms with van der Waals surface area (Å²) >= 11 is 16.8. The Morgan fingerprint density at radius 1 is 1.00 bits per heavy atom. The van der Waals surface area contributed by atoms with Crippen LogP contribution in [0.5, 0.6) is 0 Å². The Bertz CT molecular complexity index is 267. The molecule has 0 heterocycles. The summed E-state index contributed by atoms with van der Waals surface area (Å²) in [6.07, 6.45) is -1.97. The van der Waals surface area contributed by atoms with Gasteiger partial charge in [-0.15, -0.1) is 34.8 Å². The normalized spacial score (nSPS) is 19.7. The highest BCUT2D eigenvalue weighted by Crippen LogP contribution is 2.53. The van der Waals surface area contributed by atoms with Crippen molar-refractivity contribution < 1.29 is 28.3 Å². The quantitative estimate of drug-likeness (QED) is 0.263. The summed E-state index contributed by atoms with van der Waals surface area (Å²) in [4.78, 5) is 3.91. The van der Waals surface area contributed by atoms with Crippen LogP contribution >= 0.6 is 42.6 Å². The van der Waals surface area contributed by atoms with Crippen LogP contribution < -0.4 is 0 Å². The van der Waals surface area contributed by atoms with Gasteiger partial charge < -0.3 is 0 Å². The molecule has 0 fully saturated rings. The number of alkyl halides is 3. The first kappa shape index (κ1) is 19.9. The van der Waals surface area contributed by atoms with Gasteiger partial charge in [-0.25, -0.2) is 9.45 Å². The molecule has 1 N–H and O–H groups in total. The summed E-state index contributed by atoms with van der Waals surface area (Å²) in [5.41, 5.74) is 0. The Kier molecular flexibility index (Phi) is 11.1. The van der Waals surface area contributed by atoms with Gasteiger partial charge in [0.05, 0.1) is 18.1 Å². The summed E-state index contributed by atoms with van der Waals surface area (Å²) in [5.74, 6) is 0.143. The van der Waals surface area contributed by atoms with Gasteiger partial charge in [0.1, 0.15) is 12.7 Å². The van der Waals surface area contributed by atoms with E-state index in [-0.39, 0.29) is 24.2 Å². The number of halogens is 3. The molecule has 0 spiro atoms. The molecule has 3 atom stereocenters. The van der Waals surface area contributed by atoms with E-state index in [0.717, 1.165) is 0 Å². The number of phosphoric acid groups is 1. The van der Waals surface area contributed by atoms with Crippen LogP contribution in [0.4, 0.5) is 0 Å². The van der Waals surface area contributed by atoms with Gasteiger partial charge in [-0.3, -0.25) is 18.8 Å². The molecular formula is C9H18Cl3O6P. The molecule has 6 nitrogen and oxygen atoms in total. The zero-order valence-corrected chi connectivity index (χ0v) is 13.8. The lowest BCUT2D eigenvalue weighted by molar-refractivity contribution is -0.254. The number of phosphoric ester groups is 1. The zero-order chi connectivity index (χ0) is 14.9. The van der Waals surface area contributed by atoms with Gasteiger partial charge in [-0.2, -0.15) is 0 Å². The monoisotopic (exact) mass is 358 g/mol. The van der Waals surface area contributed by atoms with Crippen molar-refractivity contribution in [2.45, 2.75) is 32.2 Å². The molecule has 0 aromatic carbocycles. The van der Waals surface area contributed by atoms with Crippen LogP contribution in [0.2, 0.25) is 0 Å². The number of hydrogen-bond donors (Lipinski definition) is 1. The lowest BCUT2D eigenvalue weighted by Gasteiger charge is -2.25. The Balaban J connectivity index is 4.77. The van der Waals surface area contributed by atoms with E-state index in [9.17, 15) is 4.57 Å². The predicted octanol–water partition coefficient (Wildman–Crippen LogP) is 3.50. The second kappa shape index (κ2) is 10.6. The highest BCUT2D eigenvalue weighted by Gasteiger charge is 2.34. The van der Waals surface area contributed by atoms with Crippen LogP contribution in [0.25, 0.3) is 0 Å². The fourth-order valence-electron chi connectivity index (χ4n) is 0.941. The Labute approximate surface area is 127 Å². The van der Waals surface area contributed by atoms with Crippen molar-refractivity contribution in [1.82, 2.24) is 0 Å². The van der Waals surface area contributed by atoms with Crippen molar-refractivity contribution in [2.75, 3.05) is 24.2 Å². The lowest BCUT2D eigenvalue weighted by Crippen LogP contribution is -2.24. The maximum absolute atomic E-state index is 12.4. The van der Waals surface area contributed by atoms with Crippen molar-refractivity contribution >= 4 is 42.6 Å². The predicted molar refractivity (Wildman–Crippen MR) is 74.3 cm³/mol. The van der Waals surface area contributed by atoms with Crippen molar-refractivity contribution in [3.63, 3.8) is 0 Å². The first-order valence-corrected chi connectivity index (χ1v) is 8.56. The van der Waals surface area contributed by atoms with E-state index in [2.05, 4.69) is 4.89 Å². The molecule has 0 saturated heterocycles. The summed E-state index contributed by atoms with van der Waals surface area (Å²) in [6, 6.07) is 0. The Morgan fingerprint density at radius 3 is 1.79 bits per heavy atom. The maximum Gasteiger partial charge on any atom is 0.475 e. The lowest BCUT2D eigenvalue weighted by atomic mass is 10.4. The number of hydrogen-bond acceptors (Lipinski definition) is 6. The molecule has 0 bridgehead atoms. The van der Waals surface area contributed by atoms with Crippen LogP contribution in [-0.4, -0.2) is 47.8 Å². The van der Waals surface area contributed by atoms with Crippen molar-refractivity contribution in [1.29, 1.82) is 0 Å². The van der Waals surface area contributed by atoms with E-state index in [1.165, 1.54) is 0 Å². The van der Waals surface area contributed by atoms with E-state index in [1.807, 2.05) is 0 Å². The fourth-order valence-corrected chi connectivity index (χ4v) is 3.16. The van der Waals surface area contributed by atoms with Gasteiger partial charge in [0.25, 0.3) is 0 Å². The van der Waals surface area contributed by atoms with Gasteiger partial charge in [-0.05, 0) is 13.8 Å². The van der Waals surface area contributed by atoms with Crippen LogP contribution in [0.15, 0.2) is 0 Å². The Hall–Kier alpha value is 0.900. The van der Waals surface area contributed by atoms with Gasteiger partial charge in [0, 0.05) is 11.8 Å². The average Bonchev–Trinajstić information content (AvgIpc) is 2.37. The molecule has 0 aliphatic rings. The van der Waals surface area contributed by atoms with Gasteiger partial charge >= 0.3 is 7.82 Å². The zero-order valence-electron chi connectivity index (χ0n) is 10.6. The van der Waals surface area contributed by atoms with Crippen LogP contribution in [0, 0.1) is 0 Å². The molecule has 116 valence electrons. The van der Waals surface area contributed by atoms with Crippen molar-refractivity contribution in [3.8, 4) is 0 Å². The third-order valence-electron chi connectivity index (χ3n) is 1.76. The molecule has 10 heteroatoms. The third-order valence-corrected chi connectivity index (χ3v) is 4.77. The largest absolute Gasteiger partial charge is 0.475 e. The molecule has 0 amide bonds. The molecule has 0 rings (SSSR count). The summed E-state index contributed by atoms with van der Waals surface area (Å²) in [7, 11) is -3.91. The molecular weight excluding hydrogens is 341 g/mol. The highest BCUT2D eigenvalue weighted by atomic mass is 35.5. The first-order chi connectivity index (χ1) is 8.90. The first-order valence-electron chi connectivity index (χ1n) is 5.50. The summed E-state index contributed by atoms with van der Waals surface area (Å²) in [6.45, 7) is 2.94. The van der Waals surface area contributed by atoms with Crippen molar-refractivity contribution in [2.24, 2.45) is 0 Å². The molecule has 0 aromatic rings. The molecule has 0 saturated carbocycles. The summed E-state index contributed by atoms with van der Waals surface area (Å²) < 4.78 is 27.9. The summed E-state index contributed by atoms with van der Waals surface area (Å²) in [5, 5.41) is 8.37. The smallest absolute Gasteiger partial charge is 0.283 e. The molecule has 3 unspecified atom stereocenters. The second-order valence-electron chi connectivity index (χ2n) is 3.77. The van der Waals surface area contributed by atoms with Gasteiger partial charge in [-0.1, -0.05) is 0 Å². The second-order valence-corrected chi connectivity index (χ2v) is 6.22. The topological polar surface area (TPSA) is 74.2 Å². The van der Waals surface area contributed by atoms with Crippen LogP contribution in [-0.2, 0) is 23.0 Å². The maximum atomic E-state index is 12.4. The fraction of sp³-hybridized carbons (Fsp3) is 1.00. The SMILES string of the molecule is CC(CCl)OP(=O)(OC(C)CCl)OC(CCl)COO. The average molecular weight is 360 g/mol. The van der Waals surface area contributed by atoms with E-state index >= 15 is 0 Å². The minimum absolute atomic E-state index is 0.0677. The van der Waals surface area contributed by atoms with Crippen LogP contribution in [0.1, 0.15) is 13.8 Å². The molecule has 19 heavy (non-hydrogen) atoms. The van der Waals surface area contributed by atoms with E-state index in [1.54, 1.807) is 13.8 Å². The minimum Gasteiger partial charge on any atom is -0.283 e. The third kappa shape index (κ3) is 8.71. The molecule has 0 aromatic heterocycles. The van der Waals surface area contributed by atoms with E-state index < -0.39 is 26.1 Å². The van der Waals surface area contributed by atoms with Gasteiger partial charge in [0.2, 0.25) is 0 Å². The minimum atomic E-state index is -3.91. The van der Waals surface area contributed by atoms with E-state index in [0.29, 0.717) is 0 Å². The van der Waals surface area contributed by atoms with Gasteiger partial charge in [0.15, 0.2) is 0 Å². The van der Waals surface area contributed by atoms with Crippen LogP contribution in [0.3, 0.4) is 0 Å². The standard InChI is InChI=1S/C9H18Cl3O6P/c1-7(3-10)16-19(14,17-8(2)4-11)18-9(5-12)6-15-13/h7-9,13H,3-6H2,1-2H3. The molecule has 0 aliphatic carbocycles. The number of rotatable bonds is 11. The molecule has 0 radical (unpaired) electrons. The van der Waals surface area contributed by atoms with Crippen molar-refractivity contribution in [3.05, 3.63) is 0 Å². The molecule has 0 aliphatic heterocycles. The highest BCUT2D eigenvalue weighted by molar-refractivity contribution is 7.48. The van der Waals surface area contributed by atoms with E-state index in [4.69, 9.17) is 53.6 Å².